The molecular formula is C16H12FNO4. The Morgan fingerprint density at radius 1 is 0.864 bits per heavy atom. The van der Waals surface area contributed by atoms with E-state index in [1.54, 1.807) is 0 Å². The Morgan fingerprint density at radius 2 is 1.36 bits per heavy atom. The summed E-state index contributed by atoms with van der Waals surface area (Å²) in [5.74, 6) is -2.21. The lowest BCUT2D eigenvalue weighted by molar-refractivity contribution is 0.0474. The van der Waals surface area contributed by atoms with Crippen molar-refractivity contribution in [1.29, 1.82) is 0 Å². The number of nitrogens with two attached hydrogens (primary N) is 1. The van der Waals surface area contributed by atoms with Gasteiger partial charge in [0.25, 0.3) is 0 Å². The summed E-state index contributed by atoms with van der Waals surface area (Å²) in [6, 6.07) is 10.5. The van der Waals surface area contributed by atoms with Gasteiger partial charge < -0.3 is 10.5 Å². The summed E-state index contributed by atoms with van der Waals surface area (Å²) in [6.07, 6.45) is 0. The number of amides is 1. The molecule has 2 N–H and O–H groups in total. The molecule has 0 bridgehead atoms. The molecule has 0 radical (unpaired) electrons. The second-order valence-electron chi connectivity index (χ2n) is 4.45. The van der Waals surface area contributed by atoms with Crippen molar-refractivity contribution in [2.24, 2.45) is 5.73 Å². The van der Waals surface area contributed by atoms with Gasteiger partial charge in [0.05, 0.1) is 5.56 Å². The van der Waals surface area contributed by atoms with Crippen molar-refractivity contribution in [3.05, 3.63) is 71.0 Å². The molecule has 22 heavy (non-hydrogen) atoms. The molecule has 0 saturated carbocycles. The predicted molar refractivity (Wildman–Crippen MR) is 76.0 cm³/mol. The fourth-order valence-electron chi connectivity index (χ4n) is 1.70. The smallest absolute Gasteiger partial charge is 0.338 e. The highest BCUT2D eigenvalue weighted by atomic mass is 19.1. The van der Waals surface area contributed by atoms with Crippen molar-refractivity contribution in [2.45, 2.75) is 0 Å². The minimum absolute atomic E-state index is 0.192. The first-order valence-electron chi connectivity index (χ1n) is 6.33. The Balaban J connectivity index is 1.96. The van der Waals surface area contributed by atoms with Crippen LogP contribution in [0.15, 0.2) is 48.5 Å². The zero-order valence-corrected chi connectivity index (χ0v) is 11.4. The first kappa shape index (κ1) is 15.4. The molecule has 0 aliphatic heterocycles. The summed E-state index contributed by atoms with van der Waals surface area (Å²) < 4.78 is 17.6. The van der Waals surface area contributed by atoms with Gasteiger partial charge in [-0.1, -0.05) is 0 Å². The van der Waals surface area contributed by atoms with Crippen molar-refractivity contribution in [3.8, 4) is 0 Å². The predicted octanol–water partition coefficient (Wildman–Crippen LogP) is 1.96. The van der Waals surface area contributed by atoms with E-state index < -0.39 is 30.1 Å². The summed E-state index contributed by atoms with van der Waals surface area (Å²) in [5.41, 5.74) is 5.79. The maximum absolute atomic E-state index is 12.7. The molecule has 2 aromatic carbocycles. The maximum atomic E-state index is 12.7. The Hall–Kier alpha value is -3.02. The highest BCUT2D eigenvalue weighted by Crippen LogP contribution is 2.07. The molecule has 2 rings (SSSR count). The zero-order chi connectivity index (χ0) is 16.1. The van der Waals surface area contributed by atoms with Crippen LogP contribution in [0, 0.1) is 5.82 Å². The molecule has 5 nitrogen and oxygen atoms in total. The van der Waals surface area contributed by atoms with Gasteiger partial charge in [-0.2, -0.15) is 0 Å². The van der Waals surface area contributed by atoms with E-state index in [0.717, 1.165) is 12.1 Å². The Bertz CT molecular complexity index is 708. The number of Topliss-reactive ketones (excluding diaryl/α,β-unsaturated/α-hetero) is 1. The number of hydrogen-bond acceptors (Lipinski definition) is 4. The fraction of sp³-hybridized carbons (Fsp3) is 0.0625. The maximum Gasteiger partial charge on any atom is 0.338 e. The van der Waals surface area contributed by atoms with Crippen molar-refractivity contribution in [3.63, 3.8) is 0 Å². The monoisotopic (exact) mass is 301 g/mol. The SMILES string of the molecule is NC(=O)c1ccc(C(=O)OCC(=O)c2ccc(F)cc2)cc1. The normalized spacial score (nSPS) is 10.0. The third kappa shape index (κ3) is 3.76. The first-order valence-corrected chi connectivity index (χ1v) is 6.33. The Kier molecular flexibility index (Phi) is 4.63. The number of halogens is 1. The standard InChI is InChI=1S/C16H12FNO4/c17-13-7-5-10(6-8-13)14(19)9-22-16(21)12-3-1-11(2-4-12)15(18)20/h1-8H,9H2,(H2,18,20). The summed E-state index contributed by atoms with van der Waals surface area (Å²) in [7, 11) is 0. The summed E-state index contributed by atoms with van der Waals surface area (Å²) >= 11 is 0. The molecule has 0 spiro atoms. The number of ether oxygens (including phenoxy) is 1. The fourth-order valence-corrected chi connectivity index (χ4v) is 1.70. The van der Waals surface area contributed by atoms with Crippen LogP contribution in [0.2, 0.25) is 0 Å². The van der Waals surface area contributed by atoms with Crippen LogP contribution in [-0.4, -0.2) is 24.3 Å². The third-order valence-corrected chi connectivity index (χ3v) is 2.91. The van der Waals surface area contributed by atoms with Crippen molar-refractivity contribution < 1.29 is 23.5 Å². The average Bonchev–Trinajstić information content (AvgIpc) is 2.53. The Morgan fingerprint density at radius 3 is 1.91 bits per heavy atom. The van der Waals surface area contributed by atoms with Gasteiger partial charge in [-0.3, -0.25) is 9.59 Å². The number of ketones is 1. The third-order valence-electron chi connectivity index (χ3n) is 2.91. The van der Waals surface area contributed by atoms with Crippen molar-refractivity contribution in [1.82, 2.24) is 0 Å². The van der Waals surface area contributed by atoms with E-state index in [2.05, 4.69) is 0 Å². The quantitative estimate of drug-likeness (QED) is 0.675. The number of hydrogen-bond donors (Lipinski definition) is 1. The minimum atomic E-state index is -0.702. The van der Waals surface area contributed by atoms with Crippen LogP contribution < -0.4 is 5.73 Å². The number of primary amides is 1. The van der Waals surface area contributed by atoms with Crippen LogP contribution in [0.1, 0.15) is 31.1 Å². The lowest BCUT2D eigenvalue weighted by atomic mass is 10.1. The topological polar surface area (TPSA) is 86.5 Å². The molecular weight excluding hydrogens is 289 g/mol. The molecule has 1 amide bonds. The van der Waals surface area contributed by atoms with Crippen LogP contribution in [0.3, 0.4) is 0 Å². The van der Waals surface area contributed by atoms with Crippen LogP contribution in [0.4, 0.5) is 4.39 Å². The number of benzene rings is 2. The largest absolute Gasteiger partial charge is 0.454 e. The van der Waals surface area contributed by atoms with Gasteiger partial charge >= 0.3 is 5.97 Å². The van der Waals surface area contributed by atoms with E-state index in [1.807, 2.05) is 0 Å². The molecule has 0 unspecified atom stereocenters. The molecule has 0 aromatic heterocycles. The van der Waals surface area contributed by atoms with Gasteiger partial charge in [-0.25, -0.2) is 9.18 Å². The molecule has 0 heterocycles. The zero-order valence-electron chi connectivity index (χ0n) is 11.4. The number of rotatable bonds is 5. The van der Waals surface area contributed by atoms with Gasteiger partial charge in [0, 0.05) is 11.1 Å². The van der Waals surface area contributed by atoms with Gasteiger partial charge in [-0.05, 0) is 48.5 Å². The van der Waals surface area contributed by atoms with E-state index >= 15 is 0 Å². The van der Waals surface area contributed by atoms with E-state index in [0.29, 0.717) is 0 Å². The summed E-state index contributed by atoms with van der Waals surface area (Å²) in [5, 5.41) is 0. The molecule has 2 aromatic rings. The summed E-state index contributed by atoms with van der Waals surface area (Å²) in [4.78, 5) is 34.5. The molecule has 6 heteroatoms. The minimum Gasteiger partial charge on any atom is -0.454 e. The van der Waals surface area contributed by atoms with E-state index in [1.165, 1.54) is 36.4 Å². The van der Waals surface area contributed by atoms with Gasteiger partial charge in [0.15, 0.2) is 12.4 Å². The molecule has 0 atom stereocenters. The van der Waals surface area contributed by atoms with Crippen LogP contribution in [-0.2, 0) is 4.74 Å². The average molecular weight is 301 g/mol. The molecule has 112 valence electrons. The second kappa shape index (κ2) is 6.62. The van der Waals surface area contributed by atoms with Gasteiger partial charge in [0.2, 0.25) is 5.91 Å². The van der Waals surface area contributed by atoms with Crippen LogP contribution in [0.5, 0.6) is 0 Å². The van der Waals surface area contributed by atoms with E-state index in [9.17, 15) is 18.8 Å². The van der Waals surface area contributed by atoms with E-state index in [-0.39, 0.29) is 16.7 Å². The highest BCUT2D eigenvalue weighted by molar-refractivity contribution is 5.99. The van der Waals surface area contributed by atoms with Crippen LogP contribution in [0.25, 0.3) is 0 Å². The highest BCUT2D eigenvalue weighted by Gasteiger charge is 2.12. The number of carbonyl (C=O) groups is 3. The van der Waals surface area contributed by atoms with Crippen molar-refractivity contribution >= 4 is 17.7 Å². The molecule has 0 saturated heterocycles. The number of carbonyl (C=O) groups excluding carboxylic acids is 3. The molecule has 0 aliphatic rings. The summed E-state index contributed by atoms with van der Waals surface area (Å²) in [6.45, 7) is -0.456. The van der Waals surface area contributed by atoms with Crippen molar-refractivity contribution in [2.75, 3.05) is 6.61 Å². The molecule has 0 aliphatic carbocycles. The van der Waals surface area contributed by atoms with E-state index in [4.69, 9.17) is 10.5 Å². The Labute approximate surface area is 125 Å². The molecule has 0 fully saturated rings. The van der Waals surface area contributed by atoms with Gasteiger partial charge in [0.1, 0.15) is 5.82 Å². The lowest BCUT2D eigenvalue weighted by Crippen LogP contribution is -2.15. The van der Waals surface area contributed by atoms with Gasteiger partial charge in [-0.15, -0.1) is 0 Å². The van der Waals surface area contributed by atoms with Crippen LogP contribution >= 0.6 is 0 Å². The lowest BCUT2D eigenvalue weighted by Gasteiger charge is -2.05. The second-order valence-corrected chi connectivity index (χ2v) is 4.45. The first-order chi connectivity index (χ1) is 10.5. The number of esters is 1.